The zero-order valence-corrected chi connectivity index (χ0v) is 13.6. The van der Waals surface area contributed by atoms with Crippen LogP contribution in [0.2, 0.25) is 0 Å². The Morgan fingerprint density at radius 2 is 2.30 bits per heavy atom. The van der Waals surface area contributed by atoms with Gasteiger partial charge in [-0.1, -0.05) is 33.1 Å². The van der Waals surface area contributed by atoms with Gasteiger partial charge in [-0.25, -0.2) is 4.98 Å². The second-order valence-electron chi connectivity index (χ2n) is 6.65. The largest absolute Gasteiger partial charge is 0.308 e. The number of thiazole rings is 1. The van der Waals surface area contributed by atoms with Gasteiger partial charge in [-0.3, -0.25) is 4.90 Å². The molecule has 0 amide bonds. The molecule has 1 aromatic rings. The van der Waals surface area contributed by atoms with Gasteiger partial charge in [0.05, 0.1) is 6.54 Å². The zero-order chi connectivity index (χ0) is 14.0. The summed E-state index contributed by atoms with van der Waals surface area (Å²) in [7, 11) is 0. The standard InChI is InChI=1S/C16H27N3S/c1-3-13(2)14-10-18-16(6-4-5-7-16)12-19(14)11-15-17-8-9-20-15/h8-9,13-14,18H,3-7,10-12H2,1-2H3. The Bertz CT molecular complexity index is 411. The van der Waals surface area contributed by atoms with Crippen molar-refractivity contribution in [2.75, 3.05) is 13.1 Å². The van der Waals surface area contributed by atoms with Gasteiger partial charge in [-0.15, -0.1) is 11.3 Å². The molecule has 1 saturated carbocycles. The lowest BCUT2D eigenvalue weighted by Crippen LogP contribution is -2.64. The molecule has 20 heavy (non-hydrogen) atoms. The third-order valence-corrected chi connectivity index (χ3v) is 6.11. The molecule has 1 saturated heterocycles. The van der Waals surface area contributed by atoms with E-state index in [-0.39, 0.29) is 0 Å². The van der Waals surface area contributed by atoms with Crippen molar-refractivity contribution in [2.45, 2.75) is 64.1 Å². The molecule has 3 nitrogen and oxygen atoms in total. The van der Waals surface area contributed by atoms with Crippen molar-refractivity contribution in [2.24, 2.45) is 5.92 Å². The Morgan fingerprint density at radius 3 is 2.95 bits per heavy atom. The minimum absolute atomic E-state index is 0.404. The van der Waals surface area contributed by atoms with Crippen LogP contribution >= 0.6 is 11.3 Å². The fourth-order valence-corrected chi connectivity index (χ4v) is 4.55. The van der Waals surface area contributed by atoms with Crippen LogP contribution in [0.1, 0.15) is 51.0 Å². The van der Waals surface area contributed by atoms with E-state index in [0.717, 1.165) is 19.0 Å². The first kappa shape index (κ1) is 14.5. The van der Waals surface area contributed by atoms with Gasteiger partial charge in [-0.05, 0) is 18.8 Å². The van der Waals surface area contributed by atoms with Gasteiger partial charge in [0.15, 0.2) is 0 Å². The lowest BCUT2D eigenvalue weighted by Gasteiger charge is -2.48. The van der Waals surface area contributed by atoms with E-state index < -0.39 is 0 Å². The average Bonchev–Trinajstić information content (AvgIpc) is 3.11. The molecule has 112 valence electrons. The van der Waals surface area contributed by atoms with Crippen LogP contribution in [-0.2, 0) is 6.54 Å². The van der Waals surface area contributed by atoms with Crippen LogP contribution < -0.4 is 5.32 Å². The lowest BCUT2D eigenvalue weighted by molar-refractivity contribution is 0.0456. The highest BCUT2D eigenvalue weighted by atomic mass is 32.1. The monoisotopic (exact) mass is 293 g/mol. The van der Waals surface area contributed by atoms with E-state index >= 15 is 0 Å². The van der Waals surface area contributed by atoms with Crippen LogP contribution in [0, 0.1) is 5.92 Å². The summed E-state index contributed by atoms with van der Waals surface area (Å²) < 4.78 is 0. The van der Waals surface area contributed by atoms with E-state index in [1.165, 1.54) is 43.7 Å². The number of nitrogens with one attached hydrogen (secondary N) is 1. The van der Waals surface area contributed by atoms with Crippen LogP contribution in [0.5, 0.6) is 0 Å². The van der Waals surface area contributed by atoms with Gasteiger partial charge in [0.25, 0.3) is 0 Å². The molecule has 2 atom stereocenters. The molecule has 0 bridgehead atoms. The number of rotatable bonds is 4. The Balaban J connectivity index is 1.74. The van der Waals surface area contributed by atoms with Gasteiger partial charge in [0, 0.05) is 36.2 Å². The van der Waals surface area contributed by atoms with Crippen LogP contribution in [0.3, 0.4) is 0 Å². The SMILES string of the molecule is CCC(C)C1CNC2(CCCC2)CN1Cc1nccs1. The molecule has 2 aliphatic rings. The predicted molar refractivity (Wildman–Crippen MR) is 85.0 cm³/mol. The molecule has 0 radical (unpaired) electrons. The van der Waals surface area contributed by atoms with Gasteiger partial charge < -0.3 is 5.32 Å². The summed E-state index contributed by atoms with van der Waals surface area (Å²) in [4.78, 5) is 7.22. The number of nitrogens with zero attached hydrogens (tertiary/aromatic N) is 2. The molecular weight excluding hydrogens is 266 g/mol. The molecule has 2 fully saturated rings. The molecule has 1 aliphatic heterocycles. The topological polar surface area (TPSA) is 28.2 Å². The van der Waals surface area contributed by atoms with Crippen LogP contribution in [0.4, 0.5) is 0 Å². The summed E-state index contributed by atoms with van der Waals surface area (Å²) in [5, 5.41) is 7.28. The smallest absolute Gasteiger partial charge is 0.107 e. The molecule has 0 aromatic carbocycles. The summed E-state index contributed by atoms with van der Waals surface area (Å²) in [6.45, 7) is 8.11. The first-order valence-electron chi connectivity index (χ1n) is 8.10. The minimum Gasteiger partial charge on any atom is -0.308 e. The van der Waals surface area contributed by atoms with E-state index in [1.54, 1.807) is 11.3 Å². The maximum atomic E-state index is 4.50. The van der Waals surface area contributed by atoms with Crippen LogP contribution in [0.25, 0.3) is 0 Å². The van der Waals surface area contributed by atoms with Crippen molar-refractivity contribution >= 4 is 11.3 Å². The summed E-state index contributed by atoms with van der Waals surface area (Å²) in [6.07, 6.45) is 8.70. The van der Waals surface area contributed by atoms with Gasteiger partial charge >= 0.3 is 0 Å². The third-order valence-electron chi connectivity index (χ3n) is 5.34. The quantitative estimate of drug-likeness (QED) is 0.923. The van der Waals surface area contributed by atoms with E-state index in [0.29, 0.717) is 11.6 Å². The fraction of sp³-hybridized carbons (Fsp3) is 0.812. The fourth-order valence-electron chi connectivity index (χ4n) is 3.91. The van der Waals surface area contributed by atoms with E-state index in [4.69, 9.17) is 0 Å². The van der Waals surface area contributed by atoms with Gasteiger partial charge in [0.2, 0.25) is 0 Å². The lowest BCUT2D eigenvalue weighted by atomic mass is 9.87. The van der Waals surface area contributed by atoms with Crippen molar-refractivity contribution in [1.82, 2.24) is 15.2 Å². The average molecular weight is 293 g/mol. The Morgan fingerprint density at radius 1 is 1.50 bits per heavy atom. The first-order valence-corrected chi connectivity index (χ1v) is 8.98. The predicted octanol–water partition coefficient (Wildman–Crippen LogP) is 3.28. The van der Waals surface area contributed by atoms with Crippen LogP contribution in [-0.4, -0.2) is 34.6 Å². The highest BCUT2D eigenvalue weighted by Crippen LogP contribution is 2.35. The second kappa shape index (κ2) is 6.12. The molecular formula is C16H27N3S. The second-order valence-corrected chi connectivity index (χ2v) is 7.63. The normalized spacial score (nSPS) is 28.0. The Labute approximate surface area is 126 Å². The number of hydrogen-bond acceptors (Lipinski definition) is 4. The summed E-state index contributed by atoms with van der Waals surface area (Å²) in [5.41, 5.74) is 0.404. The van der Waals surface area contributed by atoms with Crippen LogP contribution in [0.15, 0.2) is 11.6 Å². The molecule has 1 aliphatic carbocycles. The van der Waals surface area contributed by atoms with Gasteiger partial charge in [0.1, 0.15) is 5.01 Å². The molecule has 3 rings (SSSR count). The number of piperazine rings is 1. The van der Waals surface area contributed by atoms with Crippen molar-refractivity contribution in [3.05, 3.63) is 16.6 Å². The molecule has 1 spiro atoms. The molecule has 4 heteroatoms. The maximum Gasteiger partial charge on any atom is 0.107 e. The number of hydrogen-bond donors (Lipinski definition) is 1. The Hall–Kier alpha value is -0.450. The molecule has 1 aromatic heterocycles. The Kier molecular flexibility index (Phi) is 4.43. The van der Waals surface area contributed by atoms with E-state index in [2.05, 4.69) is 34.4 Å². The molecule has 2 heterocycles. The molecule has 1 N–H and O–H groups in total. The minimum atomic E-state index is 0.404. The van der Waals surface area contributed by atoms with E-state index in [9.17, 15) is 0 Å². The molecule has 2 unspecified atom stereocenters. The highest BCUT2D eigenvalue weighted by Gasteiger charge is 2.42. The van der Waals surface area contributed by atoms with Crippen molar-refractivity contribution < 1.29 is 0 Å². The number of aromatic nitrogens is 1. The van der Waals surface area contributed by atoms with Gasteiger partial charge in [-0.2, -0.15) is 0 Å². The van der Waals surface area contributed by atoms with Crippen molar-refractivity contribution in [3.8, 4) is 0 Å². The van der Waals surface area contributed by atoms with Crippen molar-refractivity contribution in [1.29, 1.82) is 0 Å². The van der Waals surface area contributed by atoms with Crippen molar-refractivity contribution in [3.63, 3.8) is 0 Å². The summed E-state index contributed by atoms with van der Waals surface area (Å²) >= 11 is 1.80. The summed E-state index contributed by atoms with van der Waals surface area (Å²) in [5.74, 6) is 0.751. The zero-order valence-electron chi connectivity index (χ0n) is 12.8. The first-order chi connectivity index (χ1) is 9.72. The van der Waals surface area contributed by atoms with E-state index in [1.807, 2.05) is 6.20 Å². The third kappa shape index (κ3) is 2.92. The summed E-state index contributed by atoms with van der Waals surface area (Å²) in [6, 6.07) is 0.662. The highest BCUT2D eigenvalue weighted by molar-refractivity contribution is 7.09. The maximum absolute atomic E-state index is 4.50.